The van der Waals surface area contributed by atoms with Crippen LogP contribution in [0.1, 0.15) is 32.9 Å². The Morgan fingerprint density at radius 2 is 1.72 bits per heavy atom. The standard InChI is InChI=1S/C19H32N6O6S/c1-9(2)4-14(19(30)31)24-18(29)15(10(3)26)25-17(28)13(5-11-6-21-8-22-11)23-16(27)12(20)7-32/h6,8-10,12-15,26,32H,4-5,7,20H2,1-3H3,(H,21,22)(H,23,27)(H,24,29)(H,25,28)(H,30,31). The zero-order valence-electron chi connectivity index (χ0n) is 18.2. The van der Waals surface area contributed by atoms with E-state index >= 15 is 0 Å². The van der Waals surface area contributed by atoms with Crippen molar-refractivity contribution < 1.29 is 29.4 Å². The summed E-state index contributed by atoms with van der Waals surface area (Å²) in [6.45, 7) is 4.88. The van der Waals surface area contributed by atoms with Gasteiger partial charge in [0.1, 0.15) is 18.1 Å². The van der Waals surface area contributed by atoms with E-state index < -0.39 is 54.0 Å². The quantitative estimate of drug-likeness (QED) is 0.153. The van der Waals surface area contributed by atoms with Gasteiger partial charge in [-0.25, -0.2) is 9.78 Å². The van der Waals surface area contributed by atoms with Gasteiger partial charge in [-0.1, -0.05) is 13.8 Å². The number of imidazole rings is 1. The summed E-state index contributed by atoms with van der Waals surface area (Å²) in [5.74, 6) is -3.44. The number of aromatic amines is 1. The van der Waals surface area contributed by atoms with Crippen molar-refractivity contribution in [3.8, 4) is 0 Å². The molecule has 1 heterocycles. The molecule has 0 aliphatic heterocycles. The second kappa shape index (κ2) is 13.0. The van der Waals surface area contributed by atoms with Crippen LogP contribution < -0.4 is 21.7 Å². The van der Waals surface area contributed by atoms with Crippen molar-refractivity contribution in [2.75, 3.05) is 5.75 Å². The zero-order chi connectivity index (χ0) is 24.4. The number of carboxylic acids is 1. The van der Waals surface area contributed by atoms with Gasteiger partial charge < -0.3 is 36.9 Å². The van der Waals surface area contributed by atoms with Gasteiger partial charge in [0.05, 0.1) is 18.5 Å². The van der Waals surface area contributed by atoms with Crippen molar-refractivity contribution in [1.82, 2.24) is 25.9 Å². The Labute approximate surface area is 191 Å². The van der Waals surface area contributed by atoms with Gasteiger partial charge >= 0.3 is 5.97 Å². The fourth-order valence-electron chi connectivity index (χ4n) is 2.80. The molecule has 12 nitrogen and oxygen atoms in total. The number of carboxylic acid groups (broad SMARTS) is 1. The predicted octanol–water partition coefficient (Wildman–Crippen LogP) is -1.82. The van der Waals surface area contributed by atoms with Crippen LogP contribution in [0.3, 0.4) is 0 Å². The molecule has 1 rings (SSSR count). The number of carbonyl (C=O) groups excluding carboxylic acids is 3. The highest BCUT2D eigenvalue weighted by molar-refractivity contribution is 7.80. The highest BCUT2D eigenvalue weighted by Gasteiger charge is 2.33. The van der Waals surface area contributed by atoms with Crippen molar-refractivity contribution in [2.24, 2.45) is 11.7 Å². The third kappa shape index (κ3) is 8.85. The minimum atomic E-state index is -1.45. The number of hydrogen-bond donors (Lipinski definition) is 8. The monoisotopic (exact) mass is 472 g/mol. The number of carbonyl (C=O) groups is 4. The Bertz CT molecular complexity index is 772. The van der Waals surface area contributed by atoms with Crippen LogP contribution in [0.5, 0.6) is 0 Å². The molecule has 0 fully saturated rings. The van der Waals surface area contributed by atoms with Crippen LogP contribution in [0, 0.1) is 5.92 Å². The Hall–Kier alpha value is -2.64. The van der Waals surface area contributed by atoms with E-state index in [9.17, 15) is 29.4 Å². The van der Waals surface area contributed by atoms with Crippen LogP contribution >= 0.6 is 12.6 Å². The summed E-state index contributed by atoms with van der Waals surface area (Å²) >= 11 is 3.96. The summed E-state index contributed by atoms with van der Waals surface area (Å²) < 4.78 is 0. The summed E-state index contributed by atoms with van der Waals surface area (Å²) in [4.78, 5) is 55.9. The van der Waals surface area contributed by atoms with Gasteiger partial charge in [-0.3, -0.25) is 14.4 Å². The van der Waals surface area contributed by atoms with E-state index in [4.69, 9.17) is 5.73 Å². The van der Waals surface area contributed by atoms with Crippen molar-refractivity contribution in [1.29, 1.82) is 0 Å². The maximum atomic E-state index is 12.9. The number of nitrogens with two attached hydrogens (primary N) is 1. The SMILES string of the molecule is CC(C)CC(NC(=O)C(NC(=O)C(Cc1cnc[nH]1)NC(=O)C(N)CS)C(C)O)C(=O)O. The van der Waals surface area contributed by atoms with E-state index in [1.54, 1.807) is 13.8 Å². The van der Waals surface area contributed by atoms with Crippen LogP contribution in [-0.2, 0) is 25.6 Å². The van der Waals surface area contributed by atoms with Crippen molar-refractivity contribution in [3.63, 3.8) is 0 Å². The van der Waals surface area contributed by atoms with Crippen molar-refractivity contribution in [3.05, 3.63) is 18.2 Å². The number of aliphatic hydroxyl groups is 1. The number of hydrogen-bond acceptors (Lipinski definition) is 8. The van der Waals surface area contributed by atoms with Gasteiger partial charge in [-0.15, -0.1) is 0 Å². The molecule has 32 heavy (non-hydrogen) atoms. The largest absolute Gasteiger partial charge is 0.480 e. The van der Waals surface area contributed by atoms with Gasteiger partial charge in [0.25, 0.3) is 0 Å². The van der Waals surface area contributed by atoms with Gasteiger partial charge in [0, 0.05) is 24.1 Å². The highest BCUT2D eigenvalue weighted by Crippen LogP contribution is 2.07. The summed E-state index contributed by atoms with van der Waals surface area (Å²) in [5, 5.41) is 26.6. The first-order valence-corrected chi connectivity index (χ1v) is 10.7. The molecule has 3 amide bonds. The third-order valence-corrected chi connectivity index (χ3v) is 4.92. The number of rotatable bonds is 13. The fourth-order valence-corrected chi connectivity index (χ4v) is 2.97. The first kappa shape index (κ1) is 27.4. The van der Waals surface area contributed by atoms with E-state index in [1.165, 1.54) is 19.4 Å². The van der Waals surface area contributed by atoms with E-state index in [0.717, 1.165) is 0 Å². The second-order valence-electron chi connectivity index (χ2n) is 7.89. The lowest BCUT2D eigenvalue weighted by atomic mass is 10.0. The minimum absolute atomic E-state index is 0.0100. The normalized spacial score (nSPS) is 15.8. The number of H-pyrrole nitrogens is 1. The molecule has 0 radical (unpaired) electrons. The van der Waals surface area contributed by atoms with Gasteiger partial charge in [-0.2, -0.15) is 12.6 Å². The first-order valence-electron chi connectivity index (χ1n) is 10.1. The van der Waals surface area contributed by atoms with E-state index in [-0.39, 0.29) is 24.5 Å². The Balaban J connectivity index is 2.99. The molecule has 1 aromatic heterocycles. The van der Waals surface area contributed by atoms with Crippen molar-refractivity contribution >= 4 is 36.3 Å². The number of aliphatic hydroxyl groups excluding tert-OH is 1. The van der Waals surface area contributed by atoms with Crippen molar-refractivity contribution in [2.45, 2.75) is 63.9 Å². The van der Waals surface area contributed by atoms with Gasteiger partial charge in [0.15, 0.2) is 0 Å². The average molecular weight is 473 g/mol. The van der Waals surface area contributed by atoms with E-state index in [2.05, 4.69) is 38.5 Å². The number of amides is 3. The fraction of sp³-hybridized carbons (Fsp3) is 0.632. The van der Waals surface area contributed by atoms with Crippen LogP contribution in [-0.4, -0.2) is 79.9 Å². The molecule has 0 saturated heterocycles. The molecule has 0 spiro atoms. The van der Waals surface area contributed by atoms with Crippen LogP contribution in [0.15, 0.2) is 12.5 Å². The zero-order valence-corrected chi connectivity index (χ0v) is 19.1. The Morgan fingerprint density at radius 3 is 2.19 bits per heavy atom. The topological polar surface area (TPSA) is 200 Å². The Morgan fingerprint density at radius 1 is 1.09 bits per heavy atom. The summed E-state index contributed by atoms with van der Waals surface area (Å²) in [6.07, 6.45) is 1.71. The third-order valence-electron chi connectivity index (χ3n) is 4.53. The van der Waals surface area contributed by atoms with Gasteiger partial charge in [0.2, 0.25) is 17.7 Å². The molecule has 8 N–H and O–H groups in total. The lowest BCUT2D eigenvalue weighted by molar-refractivity contribution is -0.143. The summed E-state index contributed by atoms with van der Waals surface area (Å²) in [5.41, 5.74) is 6.19. The number of aliphatic carboxylic acids is 1. The molecule has 0 saturated carbocycles. The highest BCUT2D eigenvalue weighted by atomic mass is 32.1. The molecule has 0 aliphatic carbocycles. The lowest BCUT2D eigenvalue weighted by Gasteiger charge is -2.26. The van der Waals surface area contributed by atoms with E-state index in [1.807, 2.05) is 0 Å². The molecule has 13 heteroatoms. The first-order chi connectivity index (χ1) is 15.0. The Kier molecular flexibility index (Phi) is 11.2. The molecular weight excluding hydrogens is 440 g/mol. The van der Waals surface area contributed by atoms with Crippen LogP contribution in [0.2, 0.25) is 0 Å². The maximum Gasteiger partial charge on any atom is 0.326 e. The molecule has 1 aromatic rings. The van der Waals surface area contributed by atoms with Crippen LogP contribution in [0.4, 0.5) is 0 Å². The number of nitrogens with zero attached hydrogens (tertiary/aromatic N) is 1. The molecule has 5 atom stereocenters. The number of thiol groups is 1. The van der Waals surface area contributed by atoms with Gasteiger partial charge in [-0.05, 0) is 19.3 Å². The number of aromatic nitrogens is 2. The average Bonchev–Trinajstić information content (AvgIpc) is 3.22. The molecule has 180 valence electrons. The maximum absolute atomic E-state index is 12.9. The molecule has 5 unspecified atom stereocenters. The molecule has 0 aromatic carbocycles. The molecule has 0 bridgehead atoms. The summed E-state index contributed by atoms with van der Waals surface area (Å²) in [7, 11) is 0. The summed E-state index contributed by atoms with van der Waals surface area (Å²) in [6, 6.07) is -4.74. The van der Waals surface area contributed by atoms with Crippen LogP contribution in [0.25, 0.3) is 0 Å². The predicted molar refractivity (Wildman–Crippen MR) is 119 cm³/mol. The van der Waals surface area contributed by atoms with E-state index in [0.29, 0.717) is 5.69 Å². The number of nitrogens with one attached hydrogen (secondary N) is 4. The molecule has 0 aliphatic rings. The smallest absolute Gasteiger partial charge is 0.326 e. The second-order valence-corrected chi connectivity index (χ2v) is 8.25. The lowest BCUT2D eigenvalue weighted by Crippen LogP contribution is -2.60. The molecular formula is C19H32N6O6S. The minimum Gasteiger partial charge on any atom is -0.480 e.